The lowest BCUT2D eigenvalue weighted by atomic mass is 9.85. The molecule has 0 fully saturated rings. The van der Waals surface area contributed by atoms with E-state index in [0.29, 0.717) is 35.9 Å². The summed E-state index contributed by atoms with van der Waals surface area (Å²) in [6.45, 7) is 12.8. The van der Waals surface area contributed by atoms with Gasteiger partial charge in [-0.25, -0.2) is 4.68 Å². The zero-order valence-electron chi connectivity index (χ0n) is 22.7. The lowest BCUT2D eigenvalue weighted by molar-refractivity contribution is 0.0965. The lowest BCUT2D eigenvalue weighted by Crippen LogP contribution is -2.27. The number of benzene rings is 1. The standard InChI is InChI=1S/C27H39N5O4.ClH/c1-7-21(8-2)36-24-13-18(3)25-30-31(26(28)32(25)29-24)17-23(34)19-14-20(27(4,5)6)16-22(15-19)35-12-10-9-11-33;/h13-16,21,28,33H,7-12,17H2,1-6H3;1H. The maximum Gasteiger partial charge on any atom is 0.242 e. The van der Waals surface area contributed by atoms with Crippen molar-refractivity contribution in [2.24, 2.45) is 0 Å². The minimum Gasteiger partial charge on any atom is -0.494 e. The molecule has 204 valence electrons. The fraction of sp³-hybridized carbons (Fsp3) is 0.556. The summed E-state index contributed by atoms with van der Waals surface area (Å²) < 4.78 is 14.6. The summed E-state index contributed by atoms with van der Waals surface area (Å²) in [5, 5.41) is 26.6. The molecule has 0 amide bonds. The number of unbranched alkanes of at least 4 members (excludes halogenated alkanes) is 1. The second-order valence-electron chi connectivity index (χ2n) is 10.1. The Morgan fingerprint density at radius 2 is 1.81 bits per heavy atom. The number of aryl methyl sites for hydroxylation is 1. The monoisotopic (exact) mass is 533 g/mol. The van der Waals surface area contributed by atoms with Crippen LogP contribution in [-0.2, 0) is 12.0 Å². The summed E-state index contributed by atoms with van der Waals surface area (Å²) in [6, 6.07) is 7.40. The first-order valence-corrected chi connectivity index (χ1v) is 12.7. The molecule has 2 heterocycles. The van der Waals surface area contributed by atoms with Crippen LogP contribution in [0.25, 0.3) is 5.65 Å². The van der Waals surface area contributed by atoms with Gasteiger partial charge in [-0.05, 0) is 61.8 Å². The third-order valence-corrected chi connectivity index (χ3v) is 6.16. The summed E-state index contributed by atoms with van der Waals surface area (Å²) in [4.78, 5) is 13.3. The van der Waals surface area contributed by atoms with Crippen molar-refractivity contribution < 1.29 is 19.4 Å². The highest BCUT2D eigenvalue weighted by molar-refractivity contribution is 5.96. The lowest BCUT2D eigenvalue weighted by Gasteiger charge is -2.21. The second-order valence-corrected chi connectivity index (χ2v) is 10.1. The Kier molecular flexibility index (Phi) is 10.7. The van der Waals surface area contributed by atoms with Crippen molar-refractivity contribution in [3.63, 3.8) is 0 Å². The molecule has 0 spiro atoms. The van der Waals surface area contributed by atoms with E-state index in [1.54, 1.807) is 6.07 Å². The number of ether oxygens (including phenoxy) is 2. The number of halogens is 1. The second kappa shape index (κ2) is 13.1. The van der Waals surface area contributed by atoms with Gasteiger partial charge in [-0.2, -0.15) is 4.52 Å². The van der Waals surface area contributed by atoms with Crippen LogP contribution in [0.3, 0.4) is 0 Å². The van der Waals surface area contributed by atoms with Crippen LogP contribution in [0, 0.1) is 12.3 Å². The van der Waals surface area contributed by atoms with Gasteiger partial charge in [-0.1, -0.05) is 34.6 Å². The average molecular weight is 534 g/mol. The largest absolute Gasteiger partial charge is 0.494 e. The van der Waals surface area contributed by atoms with E-state index in [-0.39, 0.29) is 48.5 Å². The highest BCUT2D eigenvalue weighted by Gasteiger charge is 2.20. The van der Waals surface area contributed by atoms with Crippen molar-refractivity contribution >= 4 is 23.8 Å². The smallest absolute Gasteiger partial charge is 0.242 e. The molecule has 2 aromatic heterocycles. The van der Waals surface area contributed by atoms with E-state index >= 15 is 0 Å². The molecule has 0 radical (unpaired) electrons. The molecule has 0 saturated carbocycles. The van der Waals surface area contributed by atoms with Crippen molar-refractivity contribution in [2.45, 2.75) is 85.3 Å². The number of nitrogens with zero attached hydrogens (tertiary/aromatic N) is 4. The first-order chi connectivity index (χ1) is 17.1. The maximum absolute atomic E-state index is 13.3. The quantitative estimate of drug-likeness (QED) is 0.259. The molecule has 9 nitrogen and oxygen atoms in total. The molecule has 0 unspecified atom stereocenters. The van der Waals surface area contributed by atoms with Crippen LogP contribution >= 0.6 is 12.4 Å². The molecule has 0 aliphatic carbocycles. The zero-order valence-corrected chi connectivity index (χ0v) is 23.5. The Morgan fingerprint density at radius 3 is 2.43 bits per heavy atom. The number of aromatic nitrogens is 4. The van der Waals surface area contributed by atoms with Gasteiger partial charge >= 0.3 is 0 Å². The van der Waals surface area contributed by atoms with Crippen molar-refractivity contribution in [1.82, 2.24) is 19.4 Å². The van der Waals surface area contributed by atoms with E-state index in [0.717, 1.165) is 30.4 Å². The van der Waals surface area contributed by atoms with Crippen LogP contribution < -0.4 is 15.1 Å². The molecule has 0 aliphatic rings. The van der Waals surface area contributed by atoms with Crippen molar-refractivity contribution in [3.8, 4) is 11.6 Å². The number of hydrogen-bond donors (Lipinski definition) is 2. The van der Waals surface area contributed by atoms with E-state index in [9.17, 15) is 4.79 Å². The van der Waals surface area contributed by atoms with Crippen molar-refractivity contribution in [2.75, 3.05) is 13.2 Å². The number of Topliss-reactive ketones (excluding diaryl/α,β-unsaturated/α-hetero) is 1. The molecular weight excluding hydrogens is 494 g/mol. The number of aliphatic hydroxyl groups excluding tert-OH is 1. The first kappa shape index (κ1) is 30.3. The predicted octanol–water partition coefficient (Wildman–Crippen LogP) is 4.64. The molecule has 0 atom stereocenters. The predicted molar refractivity (Wildman–Crippen MR) is 145 cm³/mol. The van der Waals surface area contributed by atoms with Gasteiger partial charge in [-0.3, -0.25) is 10.2 Å². The normalized spacial score (nSPS) is 11.6. The Hall–Kier alpha value is -2.91. The van der Waals surface area contributed by atoms with Gasteiger partial charge in [0.2, 0.25) is 11.5 Å². The molecule has 0 saturated heterocycles. The topological polar surface area (TPSA) is 115 Å². The van der Waals surface area contributed by atoms with Crippen molar-refractivity contribution in [3.05, 3.63) is 46.6 Å². The van der Waals surface area contributed by atoms with Gasteiger partial charge in [-0.15, -0.1) is 22.6 Å². The molecule has 3 aromatic rings. The summed E-state index contributed by atoms with van der Waals surface area (Å²) in [7, 11) is 0. The molecule has 3 rings (SSSR count). The van der Waals surface area contributed by atoms with Crippen molar-refractivity contribution in [1.29, 1.82) is 5.41 Å². The third kappa shape index (κ3) is 7.55. The molecule has 37 heavy (non-hydrogen) atoms. The van der Waals surface area contributed by atoms with Gasteiger partial charge in [0.05, 0.1) is 12.7 Å². The van der Waals surface area contributed by atoms with Crippen LogP contribution in [0.5, 0.6) is 11.6 Å². The average Bonchev–Trinajstić information content (AvgIpc) is 3.15. The minimum absolute atomic E-state index is 0. The number of aliphatic hydroxyl groups is 1. The summed E-state index contributed by atoms with van der Waals surface area (Å²) in [6.07, 6.45) is 3.17. The van der Waals surface area contributed by atoms with E-state index in [2.05, 4.69) is 44.8 Å². The maximum atomic E-state index is 13.3. The van der Waals surface area contributed by atoms with Gasteiger partial charge in [0.1, 0.15) is 12.3 Å². The number of ketones is 1. The molecule has 0 aliphatic heterocycles. The van der Waals surface area contributed by atoms with Crippen LogP contribution in [0.15, 0.2) is 24.3 Å². The fourth-order valence-corrected chi connectivity index (χ4v) is 3.83. The van der Waals surface area contributed by atoms with Crippen LogP contribution in [-0.4, -0.2) is 49.6 Å². The molecule has 2 N–H and O–H groups in total. The Balaban J connectivity index is 0.00000481. The number of carbonyl (C=O) groups excluding carboxylic acids is 1. The number of rotatable bonds is 12. The van der Waals surface area contributed by atoms with Gasteiger partial charge in [0, 0.05) is 23.8 Å². The Morgan fingerprint density at radius 1 is 1.11 bits per heavy atom. The highest BCUT2D eigenvalue weighted by Crippen LogP contribution is 2.28. The minimum atomic E-state index is -0.178. The molecule has 10 heteroatoms. The number of carbonyl (C=O) groups is 1. The van der Waals surface area contributed by atoms with E-state index < -0.39 is 0 Å². The molecule has 1 aromatic carbocycles. The summed E-state index contributed by atoms with van der Waals surface area (Å²) in [5.74, 6) is 0.892. The SMILES string of the molecule is CCC(CC)Oc1cc(C)c2nn(CC(=O)c3cc(OCCCCO)cc(C(C)(C)C)c3)c(=N)n2n1.Cl. The highest BCUT2D eigenvalue weighted by atomic mass is 35.5. The molecule has 0 bridgehead atoms. The zero-order chi connectivity index (χ0) is 26.5. The number of hydrogen-bond acceptors (Lipinski definition) is 7. The van der Waals surface area contributed by atoms with Gasteiger partial charge in [0.15, 0.2) is 11.4 Å². The molecular formula is C27H40ClN5O4. The van der Waals surface area contributed by atoms with E-state index in [1.165, 1.54) is 9.20 Å². The summed E-state index contributed by atoms with van der Waals surface area (Å²) >= 11 is 0. The summed E-state index contributed by atoms with van der Waals surface area (Å²) in [5.41, 5.74) is 2.65. The van der Waals surface area contributed by atoms with E-state index in [1.807, 2.05) is 25.1 Å². The third-order valence-electron chi connectivity index (χ3n) is 6.16. The Labute approximate surface area is 224 Å². The fourth-order valence-electron chi connectivity index (χ4n) is 3.83. The van der Waals surface area contributed by atoms with Crippen LogP contribution in [0.4, 0.5) is 0 Å². The van der Waals surface area contributed by atoms with Gasteiger partial charge < -0.3 is 14.6 Å². The van der Waals surface area contributed by atoms with Gasteiger partial charge in [0.25, 0.3) is 0 Å². The van der Waals surface area contributed by atoms with Crippen LogP contribution in [0.1, 0.15) is 81.8 Å². The first-order valence-electron chi connectivity index (χ1n) is 12.7. The number of nitrogens with one attached hydrogen (secondary N) is 1. The number of fused-ring (bicyclic) bond motifs is 1. The van der Waals surface area contributed by atoms with Crippen LogP contribution in [0.2, 0.25) is 0 Å². The Bertz CT molecular complexity index is 1260. The van der Waals surface area contributed by atoms with E-state index in [4.69, 9.17) is 20.0 Å².